The van der Waals surface area contributed by atoms with Crippen LogP contribution in [0, 0.1) is 5.82 Å². The van der Waals surface area contributed by atoms with Gasteiger partial charge in [0.05, 0.1) is 42.4 Å². The van der Waals surface area contributed by atoms with Crippen LogP contribution in [0.5, 0.6) is 11.6 Å². The fourth-order valence-electron chi connectivity index (χ4n) is 5.92. The van der Waals surface area contributed by atoms with Gasteiger partial charge in [0.1, 0.15) is 29.7 Å². The van der Waals surface area contributed by atoms with Crippen LogP contribution in [-0.2, 0) is 24.4 Å². The second-order valence-corrected chi connectivity index (χ2v) is 11.5. The minimum absolute atomic E-state index is 0.0379. The molecule has 1 fully saturated rings. The summed E-state index contributed by atoms with van der Waals surface area (Å²) in [5.41, 5.74) is 5.44. The van der Waals surface area contributed by atoms with Crippen molar-refractivity contribution in [1.29, 1.82) is 0 Å². The van der Waals surface area contributed by atoms with Crippen molar-refractivity contribution in [2.24, 2.45) is 0 Å². The summed E-state index contributed by atoms with van der Waals surface area (Å²) in [5.74, 6) is 0.645. The summed E-state index contributed by atoms with van der Waals surface area (Å²) in [7, 11) is 0. The second-order valence-electron chi connectivity index (χ2n) is 11.1. The fraction of sp³-hybridized carbons (Fsp3) is 0.344. The lowest BCUT2D eigenvalue weighted by Gasteiger charge is -2.31. The topological polar surface area (TPSA) is 98.9 Å². The number of carboxylic acids is 1. The quantitative estimate of drug-likeness (QED) is 0.272. The van der Waals surface area contributed by atoms with Crippen LogP contribution in [0.15, 0.2) is 54.1 Å². The number of hydrogen-bond acceptors (Lipinski definition) is 7. The average Bonchev–Trinajstić information content (AvgIpc) is 3.19. The van der Waals surface area contributed by atoms with E-state index >= 15 is 0 Å². The summed E-state index contributed by atoms with van der Waals surface area (Å²) in [5, 5.41) is 9.89. The molecule has 2 aromatic carbocycles. The highest BCUT2D eigenvalue weighted by Gasteiger charge is 2.28. The maximum atomic E-state index is 14.3. The number of imidazole rings is 1. The van der Waals surface area contributed by atoms with Gasteiger partial charge in [-0.1, -0.05) is 17.7 Å². The number of fused-ring (bicyclic) bond motifs is 3. The number of halogens is 2. The Hall–Kier alpha value is -3.99. The van der Waals surface area contributed by atoms with Crippen LogP contribution in [0.25, 0.3) is 16.6 Å². The summed E-state index contributed by atoms with van der Waals surface area (Å²) in [6, 6.07) is 13.2. The van der Waals surface area contributed by atoms with E-state index in [9.17, 15) is 14.3 Å². The maximum Gasteiger partial charge on any atom is 0.335 e. The lowest BCUT2D eigenvalue weighted by atomic mass is 9.95. The Kier molecular flexibility index (Phi) is 7.50. The fourth-order valence-corrected chi connectivity index (χ4v) is 6.08. The van der Waals surface area contributed by atoms with Crippen LogP contribution in [-0.4, -0.2) is 62.9 Å². The van der Waals surface area contributed by atoms with E-state index in [1.165, 1.54) is 11.6 Å². The first kappa shape index (κ1) is 27.8. The van der Waals surface area contributed by atoms with E-state index in [1.54, 1.807) is 36.4 Å². The summed E-state index contributed by atoms with van der Waals surface area (Å²) in [6.07, 6.45) is 2.64. The van der Waals surface area contributed by atoms with Gasteiger partial charge in [-0.3, -0.25) is 4.90 Å². The van der Waals surface area contributed by atoms with Gasteiger partial charge in [0.25, 0.3) is 0 Å². The molecule has 0 aliphatic carbocycles. The molecule has 0 unspecified atom stereocenters. The van der Waals surface area contributed by atoms with Crippen molar-refractivity contribution < 1.29 is 28.5 Å². The number of rotatable bonds is 8. The lowest BCUT2D eigenvalue weighted by molar-refractivity contribution is -0.0591. The van der Waals surface area contributed by atoms with Crippen LogP contribution < -0.4 is 9.47 Å². The molecule has 4 aromatic rings. The van der Waals surface area contributed by atoms with Crippen LogP contribution in [0.3, 0.4) is 0 Å². The zero-order chi connectivity index (χ0) is 29.5. The molecule has 1 N–H and O–H groups in total. The Bertz CT molecular complexity index is 1750. The molecule has 0 amide bonds. The monoisotopic (exact) mass is 604 g/mol. The van der Waals surface area contributed by atoms with Gasteiger partial charge in [-0.15, -0.1) is 0 Å². The Morgan fingerprint density at radius 3 is 2.79 bits per heavy atom. The number of pyridine rings is 1. The van der Waals surface area contributed by atoms with Crippen molar-refractivity contribution in [2.75, 3.05) is 26.3 Å². The van der Waals surface area contributed by atoms with Crippen molar-refractivity contribution in [1.82, 2.24) is 19.4 Å². The second kappa shape index (κ2) is 11.6. The zero-order valence-corrected chi connectivity index (χ0v) is 24.1. The van der Waals surface area contributed by atoms with E-state index in [0.29, 0.717) is 36.2 Å². The number of nitrogens with zero attached hydrogens (tertiary/aromatic N) is 4. The molecule has 2 aromatic heterocycles. The molecule has 43 heavy (non-hydrogen) atoms. The Balaban J connectivity index is 1.12. The predicted octanol–water partition coefficient (Wildman–Crippen LogP) is 5.73. The maximum absolute atomic E-state index is 14.3. The molecular weight excluding hydrogens is 575 g/mol. The van der Waals surface area contributed by atoms with Crippen molar-refractivity contribution >= 4 is 34.2 Å². The van der Waals surface area contributed by atoms with E-state index in [0.717, 1.165) is 72.8 Å². The third kappa shape index (κ3) is 5.70. The molecule has 5 heterocycles. The van der Waals surface area contributed by atoms with Crippen molar-refractivity contribution in [3.8, 4) is 11.6 Å². The Morgan fingerprint density at radius 2 is 2.00 bits per heavy atom. The van der Waals surface area contributed by atoms with Gasteiger partial charge in [0.15, 0.2) is 0 Å². The van der Waals surface area contributed by atoms with E-state index < -0.39 is 11.8 Å². The van der Waals surface area contributed by atoms with E-state index in [2.05, 4.69) is 9.47 Å². The molecule has 11 heteroatoms. The van der Waals surface area contributed by atoms with E-state index in [-0.39, 0.29) is 18.3 Å². The highest BCUT2D eigenvalue weighted by molar-refractivity contribution is 6.30. The largest absolute Gasteiger partial charge is 0.491 e. The number of aromatic carboxylic acids is 1. The molecule has 0 bridgehead atoms. The standard InChI is InChI=1S/C32H30ClFN4O5/c33-22-3-1-21(25(34)14-22)18-43-30-6-5-28-31(36-30)24-7-10-37(15-20(24)8-11-42-28)17-29-35-26-4-2-19(32(39)40)13-27(26)38(29)16-23-9-12-41-23/h1-6,13-14,23H,7-12,15-18H2,(H,39,40)/t23-/m0/s1. The molecule has 0 saturated carbocycles. The highest BCUT2D eigenvalue weighted by atomic mass is 35.5. The van der Waals surface area contributed by atoms with Crippen molar-refractivity contribution in [3.05, 3.63) is 87.6 Å². The van der Waals surface area contributed by atoms with Gasteiger partial charge in [-0.05, 0) is 60.4 Å². The number of carboxylic acid groups (broad SMARTS) is 1. The molecular formula is C32H30ClFN4O5. The summed E-state index contributed by atoms with van der Waals surface area (Å²) in [4.78, 5) is 23.7. The minimum atomic E-state index is -0.957. The minimum Gasteiger partial charge on any atom is -0.491 e. The van der Waals surface area contributed by atoms with Gasteiger partial charge >= 0.3 is 5.97 Å². The number of benzene rings is 2. The van der Waals surface area contributed by atoms with Crippen molar-refractivity contribution in [3.63, 3.8) is 0 Å². The Labute approximate surface area is 252 Å². The van der Waals surface area contributed by atoms with Crippen LogP contribution in [0.1, 0.15) is 46.7 Å². The zero-order valence-electron chi connectivity index (χ0n) is 23.4. The van der Waals surface area contributed by atoms with Crippen LogP contribution >= 0.6 is 11.6 Å². The first-order valence-electron chi connectivity index (χ1n) is 14.4. The predicted molar refractivity (Wildman–Crippen MR) is 158 cm³/mol. The lowest BCUT2D eigenvalue weighted by Crippen LogP contribution is -2.34. The summed E-state index contributed by atoms with van der Waals surface area (Å²) < 4.78 is 34.0. The van der Waals surface area contributed by atoms with Crippen LogP contribution in [0.4, 0.5) is 4.39 Å². The average molecular weight is 605 g/mol. The molecule has 0 radical (unpaired) electrons. The number of ether oxygens (including phenoxy) is 3. The van der Waals surface area contributed by atoms with Gasteiger partial charge in [-0.25, -0.2) is 19.2 Å². The van der Waals surface area contributed by atoms with Gasteiger partial charge in [0, 0.05) is 42.8 Å². The van der Waals surface area contributed by atoms with Gasteiger partial charge in [0.2, 0.25) is 5.88 Å². The molecule has 7 rings (SSSR count). The molecule has 3 aliphatic rings. The molecule has 1 saturated heterocycles. The first-order valence-corrected chi connectivity index (χ1v) is 14.8. The smallest absolute Gasteiger partial charge is 0.335 e. The molecule has 0 spiro atoms. The SMILES string of the molecule is O=C(O)c1ccc2nc(CN3CCC4=C(CCOc5ccc(OCc6ccc(Cl)cc6F)nc54)C3)n(C[C@@H]3CCO3)c2c1. The van der Waals surface area contributed by atoms with Crippen molar-refractivity contribution in [2.45, 2.75) is 45.1 Å². The molecule has 3 aliphatic heterocycles. The number of hydrogen-bond donors (Lipinski definition) is 1. The third-order valence-electron chi connectivity index (χ3n) is 8.31. The normalized spacial score (nSPS) is 18.4. The number of aromatic nitrogens is 3. The molecule has 222 valence electrons. The van der Waals surface area contributed by atoms with E-state index in [4.69, 9.17) is 35.8 Å². The van der Waals surface area contributed by atoms with Gasteiger partial charge in [-0.2, -0.15) is 0 Å². The molecule has 9 nitrogen and oxygen atoms in total. The highest BCUT2D eigenvalue weighted by Crippen LogP contribution is 2.38. The van der Waals surface area contributed by atoms with E-state index in [1.807, 2.05) is 6.07 Å². The van der Waals surface area contributed by atoms with Gasteiger partial charge < -0.3 is 23.9 Å². The number of carbonyl (C=O) groups is 1. The Morgan fingerprint density at radius 1 is 1.12 bits per heavy atom. The molecule has 1 atom stereocenters. The summed E-state index contributed by atoms with van der Waals surface area (Å²) in [6.45, 7) is 4.14. The van der Waals surface area contributed by atoms with Crippen LogP contribution in [0.2, 0.25) is 5.02 Å². The third-order valence-corrected chi connectivity index (χ3v) is 8.54. The first-order chi connectivity index (χ1) is 20.9. The summed E-state index contributed by atoms with van der Waals surface area (Å²) >= 11 is 5.88.